The summed E-state index contributed by atoms with van der Waals surface area (Å²) in [7, 11) is 1.58. The van der Waals surface area contributed by atoms with Gasteiger partial charge in [-0.3, -0.25) is 9.59 Å². The van der Waals surface area contributed by atoms with Crippen LogP contribution in [0.15, 0.2) is 36.4 Å². The molecular weight excluding hydrogens is 484 g/mol. The molecule has 3 rings (SSSR count). The first-order valence-corrected chi connectivity index (χ1v) is 12.5. The number of fused-ring (bicyclic) bond motifs is 1. The quantitative estimate of drug-likeness (QED) is 0.264. The van der Waals surface area contributed by atoms with Crippen LogP contribution in [-0.2, 0) is 9.59 Å². The van der Waals surface area contributed by atoms with Gasteiger partial charge in [-0.2, -0.15) is 0 Å². The fourth-order valence-electron chi connectivity index (χ4n) is 3.03. The summed E-state index contributed by atoms with van der Waals surface area (Å²) in [5.74, 6) is 0.435. The Balaban J connectivity index is 1.83. The van der Waals surface area contributed by atoms with E-state index in [0.29, 0.717) is 28.1 Å². The summed E-state index contributed by atoms with van der Waals surface area (Å²) in [4.78, 5) is 29.7. The Hall–Kier alpha value is -2.62. The lowest BCUT2D eigenvalue weighted by molar-refractivity contribution is -0.137. The van der Waals surface area contributed by atoms with Gasteiger partial charge in [0.1, 0.15) is 11.6 Å². The first-order valence-electron chi connectivity index (χ1n) is 10.0. The number of aromatic nitrogens is 2. The number of nitrogens with one attached hydrogen (secondary N) is 1. The molecule has 2 aromatic carbocycles. The molecule has 3 N–H and O–H groups in total. The monoisotopic (exact) mass is 506 g/mol. The van der Waals surface area contributed by atoms with E-state index < -0.39 is 11.9 Å². The van der Waals surface area contributed by atoms with Crippen molar-refractivity contribution >= 4 is 70.2 Å². The fourth-order valence-corrected chi connectivity index (χ4v) is 5.91. The van der Waals surface area contributed by atoms with Crippen molar-refractivity contribution in [1.29, 1.82) is 0 Å². The van der Waals surface area contributed by atoms with Crippen molar-refractivity contribution in [2.45, 2.75) is 17.4 Å². The number of thioether (sulfide) groups is 2. The molecule has 10 heteroatoms. The Bertz CT molecular complexity index is 1140. The predicted molar refractivity (Wildman–Crippen MR) is 135 cm³/mol. The van der Waals surface area contributed by atoms with E-state index in [0.717, 1.165) is 22.2 Å². The molecule has 0 saturated heterocycles. The minimum absolute atomic E-state index is 0.0264. The Kier molecular flexibility index (Phi) is 9.11. The zero-order chi connectivity index (χ0) is 23.8. The van der Waals surface area contributed by atoms with Crippen molar-refractivity contribution in [2.24, 2.45) is 0 Å². The van der Waals surface area contributed by atoms with Gasteiger partial charge >= 0.3 is 11.9 Å². The van der Waals surface area contributed by atoms with Crippen molar-refractivity contribution in [3.63, 3.8) is 0 Å². The minimum atomic E-state index is -0.868. The van der Waals surface area contributed by atoms with Crippen LogP contribution >= 0.6 is 35.1 Å². The summed E-state index contributed by atoms with van der Waals surface area (Å²) in [6.07, 6.45) is 3.84. The Morgan fingerprint density at radius 3 is 2.42 bits per heavy atom. The van der Waals surface area contributed by atoms with Gasteiger partial charge in [-0.1, -0.05) is 23.7 Å². The number of carbonyl (C=O) groups is 2. The second kappa shape index (κ2) is 12.0. The van der Waals surface area contributed by atoms with Gasteiger partial charge in [0.25, 0.3) is 0 Å². The second-order valence-corrected chi connectivity index (χ2v) is 10.1. The Morgan fingerprint density at radius 2 is 1.79 bits per heavy atom. The lowest BCUT2D eigenvalue weighted by Crippen LogP contribution is -2.03. The number of ether oxygens (including phenoxy) is 1. The maximum atomic E-state index is 11.0. The number of carboxylic acid groups (broad SMARTS) is 2. The maximum absolute atomic E-state index is 11.0. The number of nitrogens with zero attached hydrogens (tertiary/aromatic N) is 1. The SMILES string of the molecule is COc1ccc(/C=C/c2nc3ccc(Cl)cc3[nH]2)cc1C(SCCC(=O)O)SCCC(=O)O. The molecule has 0 atom stereocenters. The minimum Gasteiger partial charge on any atom is -0.496 e. The van der Waals surface area contributed by atoms with Crippen LogP contribution in [0.2, 0.25) is 5.02 Å². The molecule has 0 aliphatic rings. The Morgan fingerprint density at radius 1 is 1.09 bits per heavy atom. The summed E-state index contributed by atoms with van der Waals surface area (Å²) in [6.45, 7) is 0. The van der Waals surface area contributed by atoms with E-state index in [1.807, 2.05) is 42.5 Å². The summed E-state index contributed by atoms with van der Waals surface area (Å²) >= 11 is 8.97. The van der Waals surface area contributed by atoms with Gasteiger partial charge in [-0.05, 0) is 42.0 Å². The molecule has 0 fully saturated rings. The first-order chi connectivity index (χ1) is 15.9. The highest BCUT2D eigenvalue weighted by Crippen LogP contribution is 2.44. The van der Waals surface area contributed by atoms with E-state index in [4.69, 9.17) is 26.6 Å². The molecule has 174 valence electrons. The smallest absolute Gasteiger partial charge is 0.304 e. The lowest BCUT2D eigenvalue weighted by Gasteiger charge is -2.19. The van der Waals surface area contributed by atoms with E-state index in [1.165, 1.54) is 23.5 Å². The topological polar surface area (TPSA) is 113 Å². The highest BCUT2D eigenvalue weighted by atomic mass is 35.5. The fraction of sp³-hybridized carbons (Fsp3) is 0.261. The highest BCUT2D eigenvalue weighted by Gasteiger charge is 2.19. The summed E-state index contributed by atoms with van der Waals surface area (Å²) in [5.41, 5.74) is 3.45. The van der Waals surface area contributed by atoms with Gasteiger partial charge in [-0.15, -0.1) is 23.5 Å². The number of methoxy groups -OCH3 is 1. The number of aliphatic carboxylic acids is 2. The molecule has 0 aliphatic heterocycles. The Labute approximate surface area is 204 Å². The third-order valence-corrected chi connectivity index (χ3v) is 7.62. The van der Waals surface area contributed by atoms with Crippen molar-refractivity contribution < 1.29 is 24.5 Å². The molecule has 0 aliphatic carbocycles. The number of imidazole rings is 1. The van der Waals surface area contributed by atoms with Crippen molar-refractivity contribution in [2.75, 3.05) is 18.6 Å². The van der Waals surface area contributed by atoms with Crippen LogP contribution in [0.5, 0.6) is 5.75 Å². The third-order valence-electron chi connectivity index (χ3n) is 4.57. The van der Waals surface area contributed by atoms with Crippen LogP contribution in [0.3, 0.4) is 0 Å². The average molecular weight is 507 g/mol. The molecule has 33 heavy (non-hydrogen) atoms. The van der Waals surface area contributed by atoms with Crippen LogP contribution in [0.25, 0.3) is 23.2 Å². The zero-order valence-corrected chi connectivity index (χ0v) is 20.2. The van der Waals surface area contributed by atoms with Gasteiger partial charge in [0.15, 0.2) is 0 Å². The number of H-pyrrole nitrogens is 1. The maximum Gasteiger partial charge on any atom is 0.304 e. The van der Waals surface area contributed by atoms with Crippen molar-refractivity contribution in [1.82, 2.24) is 9.97 Å². The molecule has 0 amide bonds. The standard InChI is InChI=1S/C23H23ClN2O5S2/c1-31-19-6-2-14(3-7-20-25-17-5-4-15(24)13-18(17)26-20)12-16(19)23(32-10-8-21(27)28)33-11-9-22(29)30/h2-7,12-13,23H,8-11H2,1H3,(H,25,26)(H,27,28)(H,29,30)/b7-3+. The highest BCUT2D eigenvalue weighted by molar-refractivity contribution is 8.16. The summed E-state index contributed by atoms with van der Waals surface area (Å²) in [5, 5.41) is 18.6. The van der Waals surface area contributed by atoms with Gasteiger partial charge in [0, 0.05) is 22.1 Å². The van der Waals surface area contributed by atoms with E-state index in [9.17, 15) is 9.59 Å². The normalized spacial score (nSPS) is 11.5. The molecule has 0 radical (unpaired) electrons. The number of halogens is 1. The molecule has 0 spiro atoms. The van der Waals surface area contributed by atoms with Crippen LogP contribution < -0.4 is 4.74 Å². The number of aromatic amines is 1. The first kappa shape index (κ1) is 25.0. The number of rotatable bonds is 12. The number of hydrogen-bond acceptors (Lipinski definition) is 6. The van der Waals surface area contributed by atoms with Crippen LogP contribution in [0, 0.1) is 0 Å². The zero-order valence-electron chi connectivity index (χ0n) is 17.8. The van der Waals surface area contributed by atoms with Gasteiger partial charge in [-0.25, -0.2) is 4.98 Å². The molecule has 3 aromatic rings. The largest absolute Gasteiger partial charge is 0.496 e. The lowest BCUT2D eigenvalue weighted by atomic mass is 10.1. The van der Waals surface area contributed by atoms with Crippen LogP contribution in [0.1, 0.15) is 34.4 Å². The molecule has 0 saturated carbocycles. The van der Waals surface area contributed by atoms with Gasteiger partial charge < -0.3 is 19.9 Å². The van der Waals surface area contributed by atoms with E-state index in [1.54, 1.807) is 13.2 Å². The summed E-state index contributed by atoms with van der Waals surface area (Å²) in [6, 6.07) is 11.2. The molecule has 7 nitrogen and oxygen atoms in total. The number of carboxylic acids is 2. The van der Waals surface area contributed by atoms with E-state index in [-0.39, 0.29) is 17.4 Å². The molecular formula is C23H23ClN2O5S2. The summed E-state index contributed by atoms with van der Waals surface area (Å²) < 4.78 is 5.37. The van der Waals surface area contributed by atoms with Gasteiger partial charge in [0.2, 0.25) is 0 Å². The predicted octanol–water partition coefficient (Wildman–Crippen LogP) is 5.81. The van der Waals surface area contributed by atoms with Crippen molar-refractivity contribution in [3.05, 3.63) is 58.4 Å². The van der Waals surface area contributed by atoms with Crippen molar-refractivity contribution in [3.8, 4) is 5.75 Å². The van der Waals surface area contributed by atoms with Crippen LogP contribution in [-0.4, -0.2) is 50.7 Å². The second-order valence-electron chi connectivity index (χ2n) is 6.98. The average Bonchev–Trinajstić information content (AvgIpc) is 3.18. The third kappa shape index (κ3) is 7.45. The number of hydrogen-bond donors (Lipinski definition) is 3. The molecule has 1 aromatic heterocycles. The molecule has 1 heterocycles. The van der Waals surface area contributed by atoms with E-state index in [2.05, 4.69) is 9.97 Å². The van der Waals surface area contributed by atoms with Crippen LogP contribution in [0.4, 0.5) is 0 Å². The number of benzene rings is 2. The van der Waals surface area contributed by atoms with Gasteiger partial charge in [0.05, 0.1) is 35.6 Å². The molecule has 0 bridgehead atoms. The molecule has 0 unspecified atom stereocenters. The van der Waals surface area contributed by atoms with E-state index >= 15 is 0 Å².